The van der Waals surface area contributed by atoms with Crippen LogP contribution in [0.5, 0.6) is 0 Å². The number of imidazole rings is 1. The molecule has 1 aromatic heterocycles. The maximum Gasteiger partial charge on any atom is 0.138 e. The minimum atomic E-state index is 0.688. The zero-order valence-electron chi connectivity index (χ0n) is 9.94. The first-order chi connectivity index (χ1) is 8.79. The summed E-state index contributed by atoms with van der Waals surface area (Å²) in [5.74, 6) is 0.811. The third-order valence-corrected chi connectivity index (χ3v) is 3.10. The fourth-order valence-electron chi connectivity index (χ4n) is 2.09. The van der Waals surface area contributed by atoms with E-state index in [0.29, 0.717) is 5.56 Å². The maximum absolute atomic E-state index is 9.05. The average molecular weight is 233 g/mol. The van der Waals surface area contributed by atoms with Crippen LogP contribution >= 0.6 is 0 Å². The van der Waals surface area contributed by atoms with Crippen molar-refractivity contribution in [1.29, 1.82) is 5.26 Å². The molecule has 3 heteroatoms. The zero-order chi connectivity index (χ0) is 12.5. The van der Waals surface area contributed by atoms with Gasteiger partial charge in [-0.15, -0.1) is 0 Å². The molecule has 3 nitrogen and oxygen atoms in total. The van der Waals surface area contributed by atoms with Crippen LogP contribution in [-0.2, 0) is 0 Å². The molecular formula is C15H11N3. The number of nitriles is 1. The van der Waals surface area contributed by atoms with Gasteiger partial charge >= 0.3 is 0 Å². The number of hydrogen-bond acceptors (Lipinski definition) is 2. The average Bonchev–Trinajstić information content (AvgIpc) is 2.82. The Morgan fingerprint density at radius 2 is 1.94 bits per heavy atom. The van der Waals surface area contributed by atoms with Gasteiger partial charge in [0.15, 0.2) is 0 Å². The highest BCUT2D eigenvalue weighted by atomic mass is 14.9. The summed E-state index contributed by atoms with van der Waals surface area (Å²) >= 11 is 0. The summed E-state index contributed by atoms with van der Waals surface area (Å²) in [5.41, 5.74) is 4.57. The second-order valence-corrected chi connectivity index (χ2v) is 4.19. The number of benzene rings is 2. The normalized spacial score (nSPS) is 10.4. The quantitative estimate of drug-likeness (QED) is 0.700. The van der Waals surface area contributed by atoms with Crippen molar-refractivity contribution in [2.45, 2.75) is 6.92 Å². The van der Waals surface area contributed by atoms with Gasteiger partial charge in [-0.25, -0.2) is 4.98 Å². The summed E-state index contributed by atoms with van der Waals surface area (Å²) in [6.07, 6.45) is 0. The molecule has 0 bridgehead atoms. The zero-order valence-corrected chi connectivity index (χ0v) is 9.94. The van der Waals surface area contributed by atoms with E-state index >= 15 is 0 Å². The van der Waals surface area contributed by atoms with Gasteiger partial charge in [-0.1, -0.05) is 24.3 Å². The summed E-state index contributed by atoms with van der Waals surface area (Å²) in [7, 11) is 0. The summed E-state index contributed by atoms with van der Waals surface area (Å²) < 4.78 is 0. The molecule has 0 spiro atoms. The summed E-state index contributed by atoms with van der Waals surface area (Å²) in [5, 5.41) is 9.05. The van der Waals surface area contributed by atoms with Gasteiger partial charge in [0.25, 0.3) is 0 Å². The van der Waals surface area contributed by atoms with Crippen LogP contribution in [0.25, 0.3) is 22.4 Å². The van der Waals surface area contributed by atoms with Gasteiger partial charge in [0, 0.05) is 5.56 Å². The van der Waals surface area contributed by atoms with Crippen LogP contribution in [-0.4, -0.2) is 9.97 Å². The fraction of sp³-hybridized carbons (Fsp3) is 0.0667. The Labute approximate surface area is 105 Å². The van der Waals surface area contributed by atoms with E-state index in [-0.39, 0.29) is 0 Å². The topological polar surface area (TPSA) is 52.5 Å². The van der Waals surface area contributed by atoms with E-state index in [9.17, 15) is 0 Å². The summed E-state index contributed by atoms with van der Waals surface area (Å²) in [6.45, 7) is 1.95. The molecule has 0 unspecified atom stereocenters. The smallest absolute Gasteiger partial charge is 0.138 e. The van der Waals surface area contributed by atoms with E-state index in [1.54, 1.807) is 0 Å². The Morgan fingerprint density at radius 1 is 1.11 bits per heavy atom. The third-order valence-electron chi connectivity index (χ3n) is 3.10. The van der Waals surface area contributed by atoms with Crippen molar-refractivity contribution in [3.8, 4) is 17.5 Å². The molecular weight excluding hydrogens is 222 g/mol. The van der Waals surface area contributed by atoms with Crippen LogP contribution in [0.2, 0.25) is 0 Å². The van der Waals surface area contributed by atoms with Crippen LogP contribution < -0.4 is 0 Å². The minimum absolute atomic E-state index is 0.688. The molecule has 18 heavy (non-hydrogen) atoms. The number of aromatic nitrogens is 2. The van der Waals surface area contributed by atoms with E-state index < -0.39 is 0 Å². The summed E-state index contributed by atoms with van der Waals surface area (Å²) in [6, 6.07) is 15.8. The number of fused-ring (bicyclic) bond motifs is 1. The molecule has 3 rings (SSSR count). The highest BCUT2D eigenvalue weighted by molar-refractivity contribution is 5.80. The number of aromatic amines is 1. The van der Waals surface area contributed by atoms with E-state index in [2.05, 4.69) is 16.0 Å². The van der Waals surface area contributed by atoms with E-state index in [0.717, 1.165) is 28.0 Å². The molecule has 0 amide bonds. The Morgan fingerprint density at radius 3 is 2.72 bits per heavy atom. The molecule has 2 aromatic carbocycles. The van der Waals surface area contributed by atoms with Gasteiger partial charge in [-0.2, -0.15) is 5.26 Å². The van der Waals surface area contributed by atoms with Gasteiger partial charge in [-0.05, 0) is 30.7 Å². The highest BCUT2D eigenvalue weighted by Gasteiger charge is 2.09. The first kappa shape index (κ1) is 10.5. The van der Waals surface area contributed by atoms with Crippen molar-refractivity contribution in [1.82, 2.24) is 9.97 Å². The fourth-order valence-corrected chi connectivity index (χ4v) is 2.09. The van der Waals surface area contributed by atoms with Crippen LogP contribution in [0.3, 0.4) is 0 Å². The lowest BCUT2D eigenvalue weighted by Gasteiger charge is -2.03. The standard InChI is InChI=1S/C15H11N3/c1-10-11(9-16)5-4-6-12(10)15-17-13-7-2-3-8-14(13)18-15/h2-8H,1H3,(H,17,18). The molecule has 0 saturated heterocycles. The van der Waals surface area contributed by atoms with Gasteiger partial charge in [0.1, 0.15) is 5.82 Å². The van der Waals surface area contributed by atoms with Gasteiger partial charge in [0.05, 0.1) is 22.7 Å². The monoisotopic (exact) mass is 233 g/mol. The van der Waals surface area contributed by atoms with E-state index in [1.807, 2.05) is 49.4 Å². The van der Waals surface area contributed by atoms with Crippen molar-refractivity contribution in [3.63, 3.8) is 0 Å². The molecule has 0 atom stereocenters. The molecule has 0 aliphatic heterocycles. The largest absolute Gasteiger partial charge is 0.338 e. The van der Waals surface area contributed by atoms with Crippen molar-refractivity contribution >= 4 is 11.0 Å². The lowest BCUT2D eigenvalue weighted by atomic mass is 10.0. The number of H-pyrrole nitrogens is 1. The Bertz CT molecular complexity index is 730. The van der Waals surface area contributed by atoms with E-state index in [1.165, 1.54) is 0 Å². The van der Waals surface area contributed by atoms with Crippen LogP contribution in [0.1, 0.15) is 11.1 Å². The third kappa shape index (κ3) is 1.56. The van der Waals surface area contributed by atoms with Crippen molar-refractivity contribution in [2.24, 2.45) is 0 Å². The number of nitrogens with one attached hydrogen (secondary N) is 1. The minimum Gasteiger partial charge on any atom is -0.338 e. The Balaban J connectivity index is 2.24. The second kappa shape index (κ2) is 4.01. The predicted octanol–water partition coefficient (Wildman–Crippen LogP) is 3.41. The molecule has 1 N–H and O–H groups in total. The number of nitrogens with zero attached hydrogens (tertiary/aromatic N) is 2. The van der Waals surface area contributed by atoms with Crippen molar-refractivity contribution < 1.29 is 0 Å². The lowest BCUT2D eigenvalue weighted by Crippen LogP contribution is -1.89. The van der Waals surface area contributed by atoms with Gasteiger partial charge < -0.3 is 4.98 Å². The molecule has 0 saturated carbocycles. The van der Waals surface area contributed by atoms with Gasteiger partial charge in [0.2, 0.25) is 0 Å². The molecule has 0 aliphatic rings. The second-order valence-electron chi connectivity index (χ2n) is 4.19. The van der Waals surface area contributed by atoms with Crippen LogP contribution in [0.15, 0.2) is 42.5 Å². The van der Waals surface area contributed by atoms with Crippen LogP contribution in [0.4, 0.5) is 0 Å². The predicted molar refractivity (Wildman–Crippen MR) is 71.0 cm³/mol. The SMILES string of the molecule is Cc1c(C#N)cccc1-c1nc2ccccc2[nH]1. The molecule has 0 aliphatic carbocycles. The summed E-state index contributed by atoms with van der Waals surface area (Å²) in [4.78, 5) is 7.84. The Hall–Kier alpha value is -2.60. The number of hydrogen-bond donors (Lipinski definition) is 1. The molecule has 3 aromatic rings. The number of rotatable bonds is 1. The highest BCUT2D eigenvalue weighted by Crippen LogP contribution is 2.25. The molecule has 1 heterocycles. The van der Waals surface area contributed by atoms with Gasteiger partial charge in [-0.3, -0.25) is 0 Å². The van der Waals surface area contributed by atoms with Crippen molar-refractivity contribution in [3.05, 3.63) is 53.6 Å². The van der Waals surface area contributed by atoms with Crippen LogP contribution in [0, 0.1) is 18.3 Å². The first-order valence-corrected chi connectivity index (χ1v) is 5.74. The maximum atomic E-state index is 9.05. The molecule has 86 valence electrons. The number of para-hydroxylation sites is 2. The Kier molecular flexibility index (Phi) is 2.35. The van der Waals surface area contributed by atoms with Crippen molar-refractivity contribution in [2.75, 3.05) is 0 Å². The van der Waals surface area contributed by atoms with E-state index in [4.69, 9.17) is 5.26 Å². The molecule has 0 fully saturated rings. The molecule has 0 radical (unpaired) electrons. The lowest BCUT2D eigenvalue weighted by molar-refractivity contribution is 1.29. The first-order valence-electron chi connectivity index (χ1n) is 5.74.